The Hall–Kier alpha value is -1.88. The van der Waals surface area contributed by atoms with Gasteiger partial charge in [-0.25, -0.2) is 9.37 Å². The summed E-state index contributed by atoms with van der Waals surface area (Å²) in [5.41, 5.74) is 1.37. The van der Waals surface area contributed by atoms with Gasteiger partial charge in [-0.05, 0) is 52.3 Å². The molecule has 0 bridgehead atoms. The van der Waals surface area contributed by atoms with Crippen LogP contribution in [-0.4, -0.2) is 14.5 Å². The summed E-state index contributed by atoms with van der Waals surface area (Å²) >= 11 is 3.31. The lowest BCUT2D eigenvalue weighted by atomic mass is 10.2. The highest BCUT2D eigenvalue weighted by Crippen LogP contribution is 2.31. The summed E-state index contributed by atoms with van der Waals surface area (Å²) in [7, 11) is 0. The summed E-state index contributed by atoms with van der Waals surface area (Å²) in [6, 6.07) is 9.39. The number of pyridine rings is 1. The largest absolute Gasteiger partial charge is 0.506 e. The predicted molar refractivity (Wildman–Crippen MR) is 70.0 cm³/mol. The second-order valence-electron chi connectivity index (χ2n) is 3.85. The van der Waals surface area contributed by atoms with E-state index in [2.05, 4.69) is 20.9 Å². The molecule has 3 nitrogen and oxygen atoms in total. The first-order valence-electron chi connectivity index (χ1n) is 5.28. The number of fused-ring (bicyclic) bond motifs is 1. The fourth-order valence-electron chi connectivity index (χ4n) is 1.88. The molecule has 0 amide bonds. The average Bonchev–Trinajstić information content (AvgIpc) is 2.69. The Morgan fingerprint density at radius 3 is 2.61 bits per heavy atom. The highest BCUT2D eigenvalue weighted by Gasteiger charge is 2.13. The quantitative estimate of drug-likeness (QED) is 0.746. The first-order valence-corrected chi connectivity index (χ1v) is 6.07. The summed E-state index contributed by atoms with van der Waals surface area (Å²) in [5.74, 6) is 0.500. The molecule has 0 unspecified atom stereocenters. The molecule has 0 saturated carbocycles. The van der Waals surface area contributed by atoms with Crippen molar-refractivity contribution in [2.45, 2.75) is 0 Å². The Bertz CT molecular complexity index is 722. The molecular weight excluding hydrogens is 299 g/mol. The first kappa shape index (κ1) is 11.2. The van der Waals surface area contributed by atoms with Crippen molar-refractivity contribution in [1.29, 1.82) is 0 Å². The third-order valence-corrected chi connectivity index (χ3v) is 3.26. The minimum atomic E-state index is -0.290. The molecule has 0 aliphatic heterocycles. The maximum atomic E-state index is 12.9. The van der Waals surface area contributed by atoms with Crippen LogP contribution in [-0.2, 0) is 0 Å². The Kier molecular flexibility index (Phi) is 2.56. The lowest BCUT2D eigenvalue weighted by molar-refractivity contribution is 0.479. The molecule has 18 heavy (non-hydrogen) atoms. The molecule has 0 spiro atoms. The lowest BCUT2D eigenvalue weighted by Crippen LogP contribution is -1.89. The minimum absolute atomic E-state index is 0.144. The molecule has 1 N–H and O–H groups in total. The third kappa shape index (κ3) is 1.67. The van der Waals surface area contributed by atoms with Crippen LogP contribution in [0.1, 0.15) is 0 Å². The average molecular weight is 307 g/mol. The zero-order valence-electron chi connectivity index (χ0n) is 9.14. The zero-order chi connectivity index (χ0) is 12.7. The van der Waals surface area contributed by atoms with E-state index in [1.165, 1.54) is 12.1 Å². The number of rotatable bonds is 1. The third-order valence-electron chi connectivity index (χ3n) is 2.70. The van der Waals surface area contributed by atoms with Gasteiger partial charge in [-0.2, -0.15) is 0 Å². The summed E-state index contributed by atoms with van der Waals surface area (Å²) < 4.78 is 15.2. The number of hydrogen-bond donors (Lipinski definition) is 1. The fourth-order valence-corrected chi connectivity index (χ4v) is 2.44. The van der Waals surface area contributed by atoms with E-state index in [1.807, 2.05) is 0 Å². The van der Waals surface area contributed by atoms with Gasteiger partial charge < -0.3 is 5.11 Å². The molecule has 0 atom stereocenters. The molecule has 0 saturated heterocycles. The number of imidazole rings is 1. The van der Waals surface area contributed by atoms with Gasteiger partial charge in [-0.15, -0.1) is 0 Å². The summed E-state index contributed by atoms with van der Waals surface area (Å²) in [4.78, 5) is 4.35. The van der Waals surface area contributed by atoms with Crippen molar-refractivity contribution >= 4 is 21.4 Å². The highest BCUT2D eigenvalue weighted by molar-refractivity contribution is 9.10. The number of aromatic hydroxyl groups is 1. The van der Waals surface area contributed by atoms with E-state index in [0.29, 0.717) is 15.9 Å². The minimum Gasteiger partial charge on any atom is -0.506 e. The summed E-state index contributed by atoms with van der Waals surface area (Å²) in [6.45, 7) is 0. The maximum absolute atomic E-state index is 12.9. The van der Waals surface area contributed by atoms with Crippen molar-refractivity contribution in [1.82, 2.24) is 9.38 Å². The highest BCUT2D eigenvalue weighted by atomic mass is 79.9. The van der Waals surface area contributed by atoms with E-state index in [0.717, 1.165) is 5.56 Å². The molecule has 90 valence electrons. The smallest absolute Gasteiger partial charge is 0.146 e. The van der Waals surface area contributed by atoms with Crippen LogP contribution in [0.3, 0.4) is 0 Å². The van der Waals surface area contributed by atoms with Gasteiger partial charge in [-0.3, -0.25) is 4.40 Å². The number of aromatic nitrogens is 2. The number of hydrogen-bond acceptors (Lipinski definition) is 2. The van der Waals surface area contributed by atoms with Gasteiger partial charge in [0.05, 0.1) is 0 Å². The molecular formula is C13H8BrFN2O. The van der Waals surface area contributed by atoms with Crippen molar-refractivity contribution < 1.29 is 9.50 Å². The molecule has 3 rings (SSSR count). The van der Waals surface area contributed by atoms with Crippen molar-refractivity contribution in [2.75, 3.05) is 0 Å². The molecule has 0 radical (unpaired) electrons. The number of benzene rings is 1. The van der Waals surface area contributed by atoms with Gasteiger partial charge in [0, 0.05) is 11.8 Å². The second kappa shape index (κ2) is 4.10. The molecule has 2 heterocycles. The first-order chi connectivity index (χ1) is 8.66. The summed E-state index contributed by atoms with van der Waals surface area (Å²) in [5, 5.41) is 9.81. The Morgan fingerprint density at radius 2 is 1.89 bits per heavy atom. The lowest BCUT2D eigenvalue weighted by Gasteiger charge is -2.02. The molecule has 1 aromatic carbocycles. The van der Waals surface area contributed by atoms with Gasteiger partial charge in [0.15, 0.2) is 0 Å². The molecule has 5 heteroatoms. The van der Waals surface area contributed by atoms with Gasteiger partial charge in [0.1, 0.15) is 27.5 Å². The monoisotopic (exact) mass is 306 g/mol. The number of halogens is 2. The Labute approximate surface area is 111 Å². The van der Waals surface area contributed by atoms with Crippen molar-refractivity contribution in [3.8, 4) is 17.1 Å². The molecule has 3 aromatic rings. The van der Waals surface area contributed by atoms with Crippen LogP contribution in [0.5, 0.6) is 5.75 Å². The number of nitrogens with zero attached hydrogens (tertiary/aromatic N) is 2. The van der Waals surface area contributed by atoms with E-state index in [9.17, 15) is 9.50 Å². The van der Waals surface area contributed by atoms with Crippen LogP contribution in [0.25, 0.3) is 16.9 Å². The van der Waals surface area contributed by atoms with Crippen LogP contribution in [0.2, 0.25) is 0 Å². The van der Waals surface area contributed by atoms with Crippen molar-refractivity contribution in [3.05, 3.63) is 53.0 Å². The van der Waals surface area contributed by atoms with Crippen LogP contribution >= 0.6 is 15.9 Å². The predicted octanol–water partition coefficient (Wildman–Crippen LogP) is 3.61. The van der Waals surface area contributed by atoms with Crippen LogP contribution in [0.4, 0.5) is 4.39 Å². The van der Waals surface area contributed by atoms with Gasteiger partial charge in [-0.1, -0.05) is 0 Å². The Balaban J connectivity index is 2.30. The van der Waals surface area contributed by atoms with Crippen LogP contribution in [0.15, 0.2) is 47.2 Å². The molecule has 0 aliphatic carbocycles. The molecule has 0 fully saturated rings. The SMILES string of the molecule is Oc1cccn2c(-c3ccc(F)cc3)nc(Br)c12. The molecule has 2 aromatic heterocycles. The topological polar surface area (TPSA) is 37.5 Å². The van der Waals surface area contributed by atoms with Gasteiger partial charge in [0.25, 0.3) is 0 Å². The van der Waals surface area contributed by atoms with E-state index in [-0.39, 0.29) is 11.6 Å². The van der Waals surface area contributed by atoms with Crippen molar-refractivity contribution in [3.63, 3.8) is 0 Å². The normalized spacial score (nSPS) is 11.0. The molecule has 0 aliphatic rings. The van der Waals surface area contributed by atoms with E-state index in [1.54, 1.807) is 34.9 Å². The Morgan fingerprint density at radius 1 is 1.17 bits per heavy atom. The summed E-state index contributed by atoms with van der Waals surface area (Å²) in [6.07, 6.45) is 1.80. The van der Waals surface area contributed by atoms with Gasteiger partial charge in [0.2, 0.25) is 0 Å². The van der Waals surface area contributed by atoms with Crippen molar-refractivity contribution in [2.24, 2.45) is 0 Å². The van der Waals surface area contributed by atoms with E-state index >= 15 is 0 Å². The van der Waals surface area contributed by atoms with Gasteiger partial charge >= 0.3 is 0 Å². The van der Waals surface area contributed by atoms with Crippen LogP contribution < -0.4 is 0 Å². The fraction of sp³-hybridized carbons (Fsp3) is 0. The second-order valence-corrected chi connectivity index (χ2v) is 4.60. The maximum Gasteiger partial charge on any atom is 0.146 e. The standard InChI is InChI=1S/C13H8BrFN2O/c14-12-11-10(18)2-1-7-17(11)13(16-12)8-3-5-9(15)6-4-8/h1-7,18H. The van der Waals surface area contributed by atoms with E-state index < -0.39 is 0 Å². The van der Waals surface area contributed by atoms with E-state index in [4.69, 9.17) is 0 Å². The van der Waals surface area contributed by atoms with Crippen LogP contribution in [0, 0.1) is 5.82 Å². The zero-order valence-corrected chi connectivity index (χ0v) is 10.7.